The number of halogens is 3. The maximum Gasteiger partial charge on any atom is 0.490 e. The van der Waals surface area contributed by atoms with E-state index in [4.69, 9.17) is 24.4 Å². The molecular weight excluding hydrogens is 489 g/mol. The minimum atomic E-state index is -5.08. The lowest BCUT2D eigenvalue weighted by atomic mass is 9.99. The van der Waals surface area contributed by atoms with Gasteiger partial charge < -0.3 is 14.6 Å². The van der Waals surface area contributed by atoms with Gasteiger partial charge in [0.2, 0.25) is 0 Å². The average molecular weight is 510 g/mol. The van der Waals surface area contributed by atoms with Crippen LogP contribution in [0.2, 0.25) is 0 Å². The smallest absolute Gasteiger partial charge is 0.490 e. The number of nitrogens with zero attached hydrogens (tertiary/aromatic N) is 3. The molecule has 0 bridgehead atoms. The van der Waals surface area contributed by atoms with E-state index in [9.17, 15) is 13.2 Å². The molecular formula is C26H21F3N4O4. The van der Waals surface area contributed by atoms with E-state index in [1.807, 2.05) is 42.5 Å². The zero-order valence-corrected chi connectivity index (χ0v) is 19.7. The van der Waals surface area contributed by atoms with Gasteiger partial charge in [-0.05, 0) is 29.8 Å². The number of rotatable bonds is 5. The standard InChI is InChI=1S/C24H20N4O2.C2HF3O2/c1-29-20-13-17-18(14-21(20)30-2)23(16-8-10-25-11-9-16)26-24-22(17)19(27-28-24)12-15-6-4-3-5-7-15;3-2(4,5)1(6)7/h3-11,13-14H,12H2,1-2H3,(H,26,27,28);(H,6,7). The van der Waals surface area contributed by atoms with Crippen molar-refractivity contribution >= 4 is 27.8 Å². The molecule has 0 aliphatic rings. The molecule has 0 radical (unpaired) electrons. The van der Waals surface area contributed by atoms with E-state index in [0.717, 1.165) is 38.8 Å². The second-order valence-electron chi connectivity index (χ2n) is 7.81. The number of benzene rings is 2. The fourth-order valence-electron chi connectivity index (χ4n) is 3.83. The summed E-state index contributed by atoms with van der Waals surface area (Å²) < 4.78 is 42.9. The summed E-state index contributed by atoms with van der Waals surface area (Å²) in [5.41, 5.74) is 4.70. The monoisotopic (exact) mass is 510 g/mol. The Balaban J connectivity index is 0.000000405. The second kappa shape index (κ2) is 10.5. The molecule has 0 aliphatic heterocycles. The lowest BCUT2D eigenvalue weighted by molar-refractivity contribution is -0.192. The summed E-state index contributed by atoms with van der Waals surface area (Å²) in [5.74, 6) is -1.42. The van der Waals surface area contributed by atoms with Crippen molar-refractivity contribution in [2.75, 3.05) is 14.2 Å². The number of hydrogen-bond acceptors (Lipinski definition) is 6. The van der Waals surface area contributed by atoms with Crippen LogP contribution in [-0.4, -0.2) is 51.6 Å². The number of hydrogen-bond donors (Lipinski definition) is 2. The molecule has 0 amide bonds. The number of aliphatic carboxylic acids is 1. The van der Waals surface area contributed by atoms with Gasteiger partial charge in [-0.3, -0.25) is 10.1 Å². The van der Waals surface area contributed by atoms with Gasteiger partial charge in [0.25, 0.3) is 0 Å². The Morgan fingerprint density at radius 3 is 2.14 bits per heavy atom. The summed E-state index contributed by atoms with van der Waals surface area (Å²) in [6.45, 7) is 0. The lowest BCUT2D eigenvalue weighted by Gasteiger charge is -2.13. The van der Waals surface area contributed by atoms with Crippen LogP contribution in [0.3, 0.4) is 0 Å². The van der Waals surface area contributed by atoms with Crippen molar-refractivity contribution in [2.24, 2.45) is 0 Å². The Labute approximate surface area is 208 Å². The van der Waals surface area contributed by atoms with Gasteiger partial charge >= 0.3 is 12.1 Å². The van der Waals surface area contributed by atoms with Crippen LogP contribution in [0.1, 0.15) is 11.3 Å². The Bertz CT molecular complexity index is 1540. The summed E-state index contributed by atoms with van der Waals surface area (Å²) in [7, 11) is 3.28. The number of fused-ring (bicyclic) bond motifs is 3. The van der Waals surface area contributed by atoms with Crippen LogP contribution in [0, 0.1) is 0 Å². The molecule has 8 nitrogen and oxygen atoms in total. The van der Waals surface area contributed by atoms with Crippen molar-refractivity contribution in [3.05, 3.63) is 78.2 Å². The molecule has 3 heterocycles. The van der Waals surface area contributed by atoms with Crippen LogP contribution in [0.4, 0.5) is 13.2 Å². The van der Waals surface area contributed by atoms with Gasteiger partial charge in [-0.1, -0.05) is 30.3 Å². The van der Waals surface area contributed by atoms with E-state index >= 15 is 0 Å². The molecule has 0 aliphatic carbocycles. The Morgan fingerprint density at radius 1 is 0.973 bits per heavy atom. The number of carboxylic acid groups (broad SMARTS) is 1. The summed E-state index contributed by atoms with van der Waals surface area (Å²) in [6.07, 6.45) is -0.844. The van der Waals surface area contributed by atoms with Crippen molar-refractivity contribution in [3.8, 4) is 22.8 Å². The summed E-state index contributed by atoms with van der Waals surface area (Å²) >= 11 is 0. The SMILES string of the molecule is COc1cc2c(-c3ccncc3)nc3[nH]nc(Cc4ccccc4)c3c2cc1OC.O=C(O)C(F)(F)F. The van der Waals surface area contributed by atoms with Crippen molar-refractivity contribution in [2.45, 2.75) is 12.6 Å². The van der Waals surface area contributed by atoms with E-state index in [2.05, 4.69) is 27.3 Å². The maximum atomic E-state index is 10.6. The normalized spacial score (nSPS) is 11.2. The largest absolute Gasteiger partial charge is 0.493 e. The first-order chi connectivity index (χ1) is 17.7. The van der Waals surface area contributed by atoms with Crippen LogP contribution in [0.25, 0.3) is 33.1 Å². The minimum absolute atomic E-state index is 0.662. The van der Waals surface area contributed by atoms with E-state index in [1.54, 1.807) is 26.6 Å². The molecule has 0 saturated heterocycles. The molecule has 0 spiro atoms. The topological polar surface area (TPSA) is 110 Å². The Hall–Kier alpha value is -4.67. The van der Waals surface area contributed by atoms with Crippen molar-refractivity contribution in [1.82, 2.24) is 20.2 Å². The molecule has 0 fully saturated rings. The third kappa shape index (κ3) is 5.45. The quantitative estimate of drug-likeness (QED) is 0.325. The van der Waals surface area contributed by atoms with E-state index in [1.165, 1.54) is 5.56 Å². The molecule has 0 unspecified atom stereocenters. The summed E-state index contributed by atoms with van der Waals surface area (Å²) in [6, 6.07) is 18.2. The Kier molecular flexibility index (Phi) is 7.23. The molecule has 2 N–H and O–H groups in total. The van der Waals surface area contributed by atoms with E-state index < -0.39 is 12.1 Å². The second-order valence-corrected chi connectivity index (χ2v) is 7.81. The number of carboxylic acids is 1. The zero-order valence-electron chi connectivity index (χ0n) is 19.7. The third-order valence-corrected chi connectivity index (χ3v) is 5.50. The molecule has 2 aromatic carbocycles. The highest BCUT2D eigenvalue weighted by Gasteiger charge is 2.38. The number of nitrogens with one attached hydrogen (secondary N) is 1. The highest BCUT2D eigenvalue weighted by atomic mass is 19.4. The van der Waals surface area contributed by atoms with Gasteiger partial charge in [0.15, 0.2) is 17.1 Å². The number of ether oxygens (including phenoxy) is 2. The fourth-order valence-corrected chi connectivity index (χ4v) is 3.83. The highest BCUT2D eigenvalue weighted by molar-refractivity contribution is 6.12. The number of pyridine rings is 2. The van der Waals surface area contributed by atoms with Crippen LogP contribution in [0.15, 0.2) is 67.0 Å². The molecule has 5 aromatic rings. The predicted molar refractivity (Wildman–Crippen MR) is 131 cm³/mol. The number of alkyl halides is 3. The molecule has 5 rings (SSSR count). The molecule has 3 aromatic heterocycles. The van der Waals surface area contributed by atoms with Crippen LogP contribution in [0.5, 0.6) is 11.5 Å². The number of carbonyl (C=O) groups is 1. The molecule has 190 valence electrons. The van der Waals surface area contributed by atoms with Crippen molar-refractivity contribution in [1.29, 1.82) is 0 Å². The van der Waals surface area contributed by atoms with E-state index in [0.29, 0.717) is 17.9 Å². The van der Waals surface area contributed by atoms with Crippen LogP contribution in [-0.2, 0) is 11.2 Å². The molecule has 37 heavy (non-hydrogen) atoms. The van der Waals surface area contributed by atoms with Crippen LogP contribution >= 0.6 is 0 Å². The number of aromatic nitrogens is 4. The fraction of sp³-hybridized carbons (Fsp3) is 0.154. The average Bonchev–Trinajstić information content (AvgIpc) is 3.30. The predicted octanol–water partition coefficient (Wildman–Crippen LogP) is 5.41. The maximum absolute atomic E-state index is 10.6. The summed E-state index contributed by atoms with van der Waals surface area (Å²) in [5, 5.41) is 17.8. The number of H-pyrrole nitrogens is 1. The molecule has 0 saturated carbocycles. The first kappa shape index (κ1) is 25.4. The molecule has 11 heteroatoms. The number of methoxy groups -OCH3 is 2. The van der Waals surface area contributed by atoms with Gasteiger partial charge in [-0.25, -0.2) is 9.78 Å². The van der Waals surface area contributed by atoms with Gasteiger partial charge in [0, 0.05) is 35.2 Å². The van der Waals surface area contributed by atoms with Gasteiger partial charge in [-0.2, -0.15) is 18.3 Å². The third-order valence-electron chi connectivity index (χ3n) is 5.50. The van der Waals surface area contributed by atoms with Crippen molar-refractivity contribution < 1.29 is 32.5 Å². The van der Waals surface area contributed by atoms with E-state index in [-0.39, 0.29) is 0 Å². The van der Waals surface area contributed by atoms with Gasteiger partial charge in [-0.15, -0.1) is 0 Å². The lowest BCUT2D eigenvalue weighted by Crippen LogP contribution is -2.21. The van der Waals surface area contributed by atoms with Crippen LogP contribution < -0.4 is 9.47 Å². The first-order valence-electron chi connectivity index (χ1n) is 10.9. The summed E-state index contributed by atoms with van der Waals surface area (Å²) in [4.78, 5) is 18.0. The zero-order chi connectivity index (χ0) is 26.6. The van der Waals surface area contributed by atoms with Gasteiger partial charge in [0.1, 0.15) is 0 Å². The number of aromatic amines is 1. The minimum Gasteiger partial charge on any atom is -0.493 e. The van der Waals surface area contributed by atoms with Crippen molar-refractivity contribution in [3.63, 3.8) is 0 Å². The molecule has 0 atom stereocenters. The highest BCUT2D eigenvalue weighted by Crippen LogP contribution is 2.40. The first-order valence-corrected chi connectivity index (χ1v) is 10.9. The van der Waals surface area contributed by atoms with Gasteiger partial charge in [0.05, 0.1) is 31.0 Å². The Morgan fingerprint density at radius 2 is 1.57 bits per heavy atom.